The molecule has 23 heavy (non-hydrogen) atoms. The molecular formula is C17H14ClN3O2. The molecule has 0 atom stereocenters. The van der Waals surface area contributed by atoms with Gasteiger partial charge in [-0.15, -0.1) is 0 Å². The van der Waals surface area contributed by atoms with Gasteiger partial charge in [-0.05, 0) is 36.4 Å². The maximum Gasteiger partial charge on any atom is 0.248 e. The molecule has 1 aromatic carbocycles. The Morgan fingerprint density at radius 3 is 3.00 bits per heavy atom. The minimum absolute atomic E-state index is 0.253. The van der Waals surface area contributed by atoms with E-state index in [4.69, 9.17) is 16.3 Å². The Morgan fingerprint density at radius 1 is 1.35 bits per heavy atom. The van der Waals surface area contributed by atoms with Crippen LogP contribution in [0.4, 0.5) is 5.69 Å². The van der Waals surface area contributed by atoms with Crippen molar-refractivity contribution in [2.24, 2.45) is 0 Å². The number of amides is 1. The van der Waals surface area contributed by atoms with Gasteiger partial charge in [-0.25, -0.2) is 4.98 Å². The molecule has 3 aromatic rings. The number of methoxy groups -OCH3 is 1. The van der Waals surface area contributed by atoms with Gasteiger partial charge in [0.1, 0.15) is 11.4 Å². The fourth-order valence-electron chi connectivity index (χ4n) is 2.16. The van der Waals surface area contributed by atoms with Crippen LogP contribution < -0.4 is 10.1 Å². The quantitative estimate of drug-likeness (QED) is 0.744. The predicted octanol–water partition coefficient (Wildman–Crippen LogP) is 3.65. The van der Waals surface area contributed by atoms with Crippen molar-refractivity contribution in [1.29, 1.82) is 0 Å². The lowest BCUT2D eigenvalue weighted by Crippen LogP contribution is -2.07. The Balaban J connectivity index is 1.73. The SMILES string of the molecule is COc1ccc(NC(=O)/C=C/c2cnc3ccccn23)cc1Cl. The van der Waals surface area contributed by atoms with E-state index in [2.05, 4.69) is 10.3 Å². The molecule has 1 N–H and O–H groups in total. The van der Waals surface area contributed by atoms with Crippen LogP contribution >= 0.6 is 11.6 Å². The first-order valence-electron chi connectivity index (χ1n) is 6.92. The van der Waals surface area contributed by atoms with Gasteiger partial charge in [0, 0.05) is 18.0 Å². The summed E-state index contributed by atoms with van der Waals surface area (Å²) in [6, 6.07) is 10.8. The van der Waals surface area contributed by atoms with Crippen LogP contribution in [0, 0.1) is 0 Å². The van der Waals surface area contributed by atoms with Gasteiger partial charge in [0.25, 0.3) is 0 Å². The molecule has 2 aromatic heterocycles. The number of ether oxygens (including phenoxy) is 1. The van der Waals surface area contributed by atoms with Crippen molar-refractivity contribution in [1.82, 2.24) is 9.38 Å². The first-order valence-corrected chi connectivity index (χ1v) is 7.30. The molecule has 6 heteroatoms. The van der Waals surface area contributed by atoms with Crippen LogP contribution in [0.1, 0.15) is 5.69 Å². The van der Waals surface area contributed by atoms with Gasteiger partial charge in [0.05, 0.1) is 24.0 Å². The van der Waals surface area contributed by atoms with E-state index in [-0.39, 0.29) is 5.91 Å². The van der Waals surface area contributed by atoms with Crippen LogP contribution in [-0.2, 0) is 4.79 Å². The largest absolute Gasteiger partial charge is 0.495 e. The van der Waals surface area contributed by atoms with Crippen molar-refractivity contribution in [3.05, 3.63) is 65.6 Å². The predicted molar refractivity (Wildman–Crippen MR) is 90.9 cm³/mol. The highest BCUT2D eigenvalue weighted by atomic mass is 35.5. The Morgan fingerprint density at radius 2 is 2.22 bits per heavy atom. The van der Waals surface area contributed by atoms with Gasteiger partial charge in [0.15, 0.2) is 0 Å². The molecule has 1 amide bonds. The number of aromatic nitrogens is 2. The second-order valence-electron chi connectivity index (χ2n) is 4.78. The van der Waals surface area contributed by atoms with Gasteiger partial charge in [0.2, 0.25) is 5.91 Å². The minimum atomic E-state index is -0.253. The molecule has 0 saturated heterocycles. The number of nitrogens with one attached hydrogen (secondary N) is 1. The molecule has 0 fully saturated rings. The molecule has 0 aliphatic carbocycles. The molecule has 0 saturated carbocycles. The summed E-state index contributed by atoms with van der Waals surface area (Å²) in [5, 5.41) is 3.19. The number of carbonyl (C=O) groups excluding carboxylic acids is 1. The Kier molecular flexibility index (Phi) is 4.30. The smallest absolute Gasteiger partial charge is 0.248 e. The van der Waals surface area contributed by atoms with Gasteiger partial charge in [-0.3, -0.25) is 4.79 Å². The molecule has 0 unspecified atom stereocenters. The summed E-state index contributed by atoms with van der Waals surface area (Å²) in [5.41, 5.74) is 2.25. The van der Waals surface area contributed by atoms with Crippen molar-refractivity contribution in [3.8, 4) is 5.75 Å². The van der Waals surface area contributed by atoms with Gasteiger partial charge < -0.3 is 14.5 Å². The zero-order chi connectivity index (χ0) is 16.2. The van der Waals surface area contributed by atoms with Crippen molar-refractivity contribution in [2.45, 2.75) is 0 Å². The summed E-state index contributed by atoms with van der Waals surface area (Å²) >= 11 is 6.03. The maximum absolute atomic E-state index is 12.0. The maximum atomic E-state index is 12.0. The monoisotopic (exact) mass is 327 g/mol. The van der Waals surface area contributed by atoms with Crippen LogP contribution in [0.5, 0.6) is 5.75 Å². The number of hydrogen-bond donors (Lipinski definition) is 1. The molecule has 0 spiro atoms. The van der Waals surface area contributed by atoms with E-state index >= 15 is 0 Å². The van der Waals surface area contributed by atoms with Gasteiger partial charge in [-0.1, -0.05) is 17.7 Å². The first-order chi connectivity index (χ1) is 11.2. The minimum Gasteiger partial charge on any atom is -0.495 e. The zero-order valence-electron chi connectivity index (χ0n) is 12.4. The van der Waals surface area contributed by atoms with E-state index in [1.165, 1.54) is 13.2 Å². The first kappa shape index (κ1) is 15.1. The third-order valence-electron chi connectivity index (χ3n) is 3.27. The average molecular weight is 328 g/mol. The molecule has 5 nitrogen and oxygen atoms in total. The number of halogens is 1. The summed E-state index contributed by atoms with van der Waals surface area (Å²) < 4.78 is 6.97. The van der Waals surface area contributed by atoms with E-state index in [0.29, 0.717) is 16.5 Å². The van der Waals surface area contributed by atoms with E-state index in [9.17, 15) is 4.79 Å². The fraction of sp³-hybridized carbons (Fsp3) is 0.0588. The van der Waals surface area contributed by atoms with Crippen LogP contribution in [0.2, 0.25) is 5.02 Å². The number of hydrogen-bond acceptors (Lipinski definition) is 3. The normalized spacial score (nSPS) is 11.0. The fourth-order valence-corrected chi connectivity index (χ4v) is 2.42. The summed E-state index contributed by atoms with van der Waals surface area (Å²) in [7, 11) is 1.54. The second-order valence-corrected chi connectivity index (χ2v) is 5.19. The van der Waals surface area contributed by atoms with Crippen LogP contribution in [-0.4, -0.2) is 22.4 Å². The average Bonchev–Trinajstić information content (AvgIpc) is 2.96. The topological polar surface area (TPSA) is 55.6 Å². The van der Waals surface area contributed by atoms with Gasteiger partial charge in [-0.2, -0.15) is 0 Å². The summed E-state index contributed by atoms with van der Waals surface area (Å²) in [6.45, 7) is 0. The number of anilines is 1. The van der Waals surface area contributed by atoms with Crippen molar-refractivity contribution in [2.75, 3.05) is 12.4 Å². The van der Waals surface area contributed by atoms with Gasteiger partial charge >= 0.3 is 0 Å². The zero-order valence-corrected chi connectivity index (χ0v) is 13.1. The number of fused-ring (bicyclic) bond motifs is 1. The molecule has 0 aliphatic heterocycles. The molecule has 0 radical (unpaired) electrons. The van der Waals surface area contributed by atoms with Crippen LogP contribution in [0.15, 0.2) is 54.9 Å². The highest BCUT2D eigenvalue weighted by Crippen LogP contribution is 2.27. The number of carbonyl (C=O) groups is 1. The summed E-state index contributed by atoms with van der Waals surface area (Å²) in [4.78, 5) is 16.3. The highest BCUT2D eigenvalue weighted by Gasteiger charge is 2.04. The Bertz CT molecular complexity index is 886. The van der Waals surface area contributed by atoms with Crippen LogP contribution in [0.3, 0.4) is 0 Å². The van der Waals surface area contributed by atoms with Crippen molar-refractivity contribution >= 4 is 34.9 Å². The Labute approximate surface area is 138 Å². The lowest BCUT2D eigenvalue weighted by atomic mass is 10.3. The molecule has 0 bridgehead atoms. The third-order valence-corrected chi connectivity index (χ3v) is 3.57. The molecular weight excluding hydrogens is 314 g/mol. The van der Waals surface area contributed by atoms with Crippen molar-refractivity contribution < 1.29 is 9.53 Å². The second kappa shape index (κ2) is 6.54. The van der Waals surface area contributed by atoms with E-state index in [1.54, 1.807) is 30.5 Å². The standard InChI is InChI=1S/C17H14ClN3O2/c1-23-15-7-5-12(10-14(15)18)20-17(22)8-6-13-11-19-16-4-2-3-9-21(13)16/h2-11H,1H3,(H,20,22)/b8-6+. The number of nitrogens with zero attached hydrogens (tertiary/aromatic N) is 2. The number of pyridine rings is 1. The van der Waals surface area contributed by atoms with E-state index in [1.807, 2.05) is 28.8 Å². The lowest BCUT2D eigenvalue weighted by Gasteiger charge is -2.06. The number of benzene rings is 1. The molecule has 0 aliphatic rings. The van der Waals surface area contributed by atoms with Crippen molar-refractivity contribution in [3.63, 3.8) is 0 Å². The summed E-state index contributed by atoms with van der Waals surface area (Å²) in [5.74, 6) is 0.308. The third kappa shape index (κ3) is 3.35. The van der Waals surface area contributed by atoms with E-state index in [0.717, 1.165) is 11.3 Å². The molecule has 116 valence electrons. The summed E-state index contributed by atoms with van der Waals surface area (Å²) in [6.07, 6.45) is 6.77. The lowest BCUT2D eigenvalue weighted by molar-refractivity contribution is -0.111. The molecule has 3 rings (SSSR count). The Hall–Kier alpha value is -2.79. The number of imidazole rings is 1. The van der Waals surface area contributed by atoms with Crippen LogP contribution in [0.25, 0.3) is 11.7 Å². The highest BCUT2D eigenvalue weighted by molar-refractivity contribution is 6.32. The number of rotatable bonds is 4. The van der Waals surface area contributed by atoms with E-state index < -0.39 is 0 Å². The molecule has 2 heterocycles.